The molecule has 0 saturated carbocycles. The summed E-state index contributed by atoms with van der Waals surface area (Å²) in [5.74, 6) is -0.937. The van der Waals surface area contributed by atoms with Crippen molar-refractivity contribution in [2.24, 2.45) is 0 Å². The molecule has 0 aromatic carbocycles. The number of likely N-dealkylation sites (tertiary alicyclic amines) is 1. The summed E-state index contributed by atoms with van der Waals surface area (Å²) in [5.41, 5.74) is -1.05. The van der Waals surface area contributed by atoms with Gasteiger partial charge in [-0.15, -0.1) is 6.58 Å². The van der Waals surface area contributed by atoms with Gasteiger partial charge in [-0.25, -0.2) is 0 Å². The van der Waals surface area contributed by atoms with Gasteiger partial charge in [0.25, 0.3) is 0 Å². The highest BCUT2D eigenvalue weighted by molar-refractivity contribution is 5.68. The molecule has 0 amide bonds. The van der Waals surface area contributed by atoms with Crippen LogP contribution in [0.2, 0.25) is 0 Å². The first-order valence-electron chi connectivity index (χ1n) is 4.83. The quantitative estimate of drug-likeness (QED) is 0.646. The highest BCUT2D eigenvalue weighted by atomic mass is 16.4. The fourth-order valence-electron chi connectivity index (χ4n) is 1.97. The van der Waals surface area contributed by atoms with Crippen LogP contribution >= 0.6 is 0 Å². The second-order valence-corrected chi connectivity index (χ2v) is 3.92. The van der Waals surface area contributed by atoms with E-state index < -0.39 is 11.6 Å². The van der Waals surface area contributed by atoms with E-state index in [-0.39, 0.29) is 6.42 Å². The van der Waals surface area contributed by atoms with Crippen LogP contribution < -0.4 is 0 Å². The first-order valence-corrected chi connectivity index (χ1v) is 4.83. The molecule has 14 heavy (non-hydrogen) atoms. The van der Waals surface area contributed by atoms with E-state index in [0.717, 1.165) is 13.0 Å². The number of carboxylic acid groups (broad SMARTS) is 1. The molecule has 0 aliphatic carbocycles. The summed E-state index contributed by atoms with van der Waals surface area (Å²) >= 11 is 0. The number of aliphatic carboxylic acids is 1. The molecule has 1 unspecified atom stereocenters. The van der Waals surface area contributed by atoms with E-state index in [1.165, 1.54) is 0 Å². The van der Waals surface area contributed by atoms with E-state index in [0.29, 0.717) is 19.5 Å². The number of nitrogens with zero attached hydrogens (tertiary/aromatic N) is 1. The average molecular weight is 199 g/mol. The zero-order chi connectivity index (χ0) is 10.6. The van der Waals surface area contributed by atoms with Gasteiger partial charge in [-0.05, 0) is 19.4 Å². The second-order valence-electron chi connectivity index (χ2n) is 3.92. The van der Waals surface area contributed by atoms with Crippen molar-refractivity contribution in [3.8, 4) is 0 Å². The van der Waals surface area contributed by atoms with Crippen LogP contribution in [-0.4, -0.2) is 46.3 Å². The van der Waals surface area contributed by atoms with Crippen molar-refractivity contribution in [1.82, 2.24) is 4.90 Å². The zero-order valence-corrected chi connectivity index (χ0v) is 8.28. The highest BCUT2D eigenvalue weighted by Gasteiger charge is 2.34. The number of rotatable bonds is 4. The second kappa shape index (κ2) is 4.57. The normalized spacial score (nSPS) is 28.6. The van der Waals surface area contributed by atoms with E-state index in [1.54, 1.807) is 6.08 Å². The van der Waals surface area contributed by atoms with Crippen molar-refractivity contribution in [2.75, 3.05) is 19.6 Å². The van der Waals surface area contributed by atoms with Crippen molar-refractivity contribution in [2.45, 2.75) is 24.9 Å². The third-order valence-corrected chi connectivity index (χ3v) is 2.50. The molecule has 0 radical (unpaired) electrons. The van der Waals surface area contributed by atoms with Crippen LogP contribution in [0, 0.1) is 0 Å². The van der Waals surface area contributed by atoms with Gasteiger partial charge >= 0.3 is 5.97 Å². The van der Waals surface area contributed by atoms with E-state index in [2.05, 4.69) is 6.58 Å². The van der Waals surface area contributed by atoms with E-state index in [4.69, 9.17) is 5.11 Å². The van der Waals surface area contributed by atoms with Gasteiger partial charge in [0.05, 0.1) is 12.0 Å². The summed E-state index contributed by atoms with van der Waals surface area (Å²) in [6.45, 7) is 5.68. The molecule has 2 N–H and O–H groups in total. The molecular weight excluding hydrogens is 182 g/mol. The minimum Gasteiger partial charge on any atom is -0.481 e. The lowest BCUT2D eigenvalue weighted by atomic mass is 9.90. The molecular formula is C10H17NO3. The first-order chi connectivity index (χ1) is 6.56. The standard InChI is InChI=1S/C10H17NO3/c1-2-5-11-6-3-4-10(14,8-11)7-9(12)13/h2,14H,1,3-8H2,(H,12,13). The summed E-state index contributed by atoms with van der Waals surface area (Å²) in [6, 6.07) is 0. The third kappa shape index (κ3) is 3.12. The molecule has 1 heterocycles. The van der Waals surface area contributed by atoms with Gasteiger partial charge in [-0.1, -0.05) is 6.08 Å². The lowest BCUT2D eigenvalue weighted by Gasteiger charge is -2.37. The summed E-state index contributed by atoms with van der Waals surface area (Å²) in [5, 5.41) is 18.6. The number of piperidine rings is 1. The van der Waals surface area contributed by atoms with Crippen LogP contribution in [0.25, 0.3) is 0 Å². The number of hydrogen-bond acceptors (Lipinski definition) is 3. The van der Waals surface area contributed by atoms with Gasteiger partial charge in [0.2, 0.25) is 0 Å². The summed E-state index contributed by atoms with van der Waals surface area (Å²) in [7, 11) is 0. The van der Waals surface area contributed by atoms with Crippen molar-refractivity contribution < 1.29 is 15.0 Å². The molecule has 1 rings (SSSR count). The number of aliphatic hydroxyl groups is 1. The topological polar surface area (TPSA) is 60.8 Å². The largest absolute Gasteiger partial charge is 0.481 e. The molecule has 1 fully saturated rings. The Balaban J connectivity index is 2.52. The molecule has 0 aromatic rings. The molecule has 1 atom stereocenters. The Morgan fingerprint density at radius 2 is 2.36 bits per heavy atom. The molecule has 1 aliphatic heterocycles. The fraction of sp³-hybridized carbons (Fsp3) is 0.700. The van der Waals surface area contributed by atoms with Gasteiger partial charge < -0.3 is 10.2 Å². The van der Waals surface area contributed by atoms with Gasteiger partial charge in [0, 0.05) is 13.1 Å². The van der Waals surface area contributed by atoms with Crippen LogP contribution in [0.4, 0.5) is 0 Å². The van der Waals surface area contributed by atoms with E-state index in [1.807, 2.05) is 4.90 Å². The third-order valence-electron chi connectivity index (χ3n) is 2.50. The first kappa shape index (κ1) is 11.2. The smallest absolute Gasteiger partial charge is 0.306 e. The van der Waals surface area contributed by atoms with Crippen LogP contribution in [-0.2, 0) is 4.79 Å². The fourth-order valence-corrected chi connectivity index (χ4v) is 1.97. The molecule has 0 aromatic heterocycles. The van der Waals surface area contributed by atoms with Gasteiger partial charge in [0.1, 0.15) is 0 Å². The van der Waals surface area contributed by atoms with Crippen molar-refractivity contribution in [3.63, 3.8) is 0 Å². The molecule has 4 heteroatoms. The summed E-state index contributed by atoms with van der Waals surface area (Å²) in [6.07, 6.45) is 3.03. The predicted octanol–water partition coefficient (Wildman–Crippen LogP) is 0.474. The van der Waals surface area contributed by atoms with Crippen LogP contribution in [0.1, 0.15) is 19.3 Å². The molecule has 1 saturated heterocycles. The Morgan fingerprint density at radius 1 is 1.64 bits per heavy atom. The van der Waals surface area contributed by atoms with Crippen LogP contribution in [0.15, 0.2) is 12.7 Å². The minimum atomic E-state index is -1.05. The monoisotopic (exact) mass is 199 g/mol. The average Bonchev–Trinajstić information content (AvgIpc) is 2.01. The van der Waals surface area contributed by atoms with Crippen molar-refractivity contribution in [3.05, 3.63) is 12.7 Å². The van der Waals surface area contributed by atoms with Crippen LogP contribution in [0.3, 0.4) is 0 Å². The van der Waals surface area contributed by atoms with Crippen LogP contribution in [0.5, 0.6) is 0 Å². The number of β-amino-alcohol motifs (C(OH)–C–C–N with tert-alkyl or cyclic N) is 1. The van der Waals surface area contributed by atoms with Gasteiger partial charge in [0.15, 0.2) is 0 Å². The maximum atomic E-state index is 10.5. The van der Waals surface area contributed by atoms with Crippen molar-refractivity contribution in [1.29, 1.82) is 0 Å². The Hall–Kier alpha value is -0.870. The predicted molar refractivity (Wildman–Crippen MR) is 53.1 cm³/mol. The Kier molecular flexibility index (Phi) is 3.66. The van der Waals surface area contributed by atoms with Gasteiger partial charge in [-0.2, -0.15) is 0 Å². The number of carboxylic acids is 1. The highest BCUT2D eigenvalue weighted by Crippen LogP contribution is 2.24. The Morgan fingerprint density at radius 3 is 2.93 bits per heavy atom. The zero-order valence-electron chi connectivity index (χ0n) is 8.28. The van der Waals surface area contributed by atoms with E-state index >= 15 is 0 Å². The Bertz CT molecular complexity index is 229. The minimum absolute atomic E-state index is 0.166. The molecule has 0 bridgehead atoms. The number of carbonyl (C=O) groups is 1. The molecule has 0 spiro atoms. The maximum Gasteiger partial charge on any atom is 0.306 e. The lowest BCUT2D eigenvalue weighted by Crippen LogP contribution is -2.49. The number of hydrogen-bond donors (Lipinski definition) is 2. The van der Waals surface area contributed by atoms with Crippen molar-refractivity contribution >= 4 is 5.97 Å². The SMILES string of the molecule is C=CCN1CCCC(O)(CC(=O)O)C1. The lowest BCUT2D eigenvalue weighted by molar-refractivity contribution is -0.144. The summed E-state index contributed by atoms with van der Waals surface area (Å²) < 4.78 is 0. The Labute approximate surface area is 83.8 Å². The molecule has 80 valence electrons. The molecule has 4 nitrogen and oxygen atoms in total. The molecule has 1 aliphatic rings. The van der Waals surface area contributed by atoms with Gasteiger partial charge in [-0.3, -0.25) is 9.69 Å². The maximum absolute atomic E-state index is 10.5. The summed E-state index contributed by atoms with van der Waals surface area (Å²) in [4.78, 5) is 12.6. The van der Waals surface area contributed by atoms with E-state index in [9.17, 15) is 9.90 Å².